The molecule has 4 heteroatoms. The number of aromatic nitrogens is 2. The molecule has 98 valence electrons. The van der Waals surface area contributed by atoms with Gasteiger partial charge >= 0.3 is 0 Å². The Labute approximate surface area is 107 Å². The van der Waals surface area contributed by atoms with Crippen molar-refractivity contribution in [3.63, 3.8) is 0 Å². The van der Waals surface area contributed by atoms with E-state index in [2.05, 4.69) is 9.55 Å². The lowest BCUT2D eigenvalue weighted by Gasteiger charge is -2.08. The van der Waals surface area contributed by atoms with Crippen LogP contribution in [0.1, 0.15) is 25.6 Å². The van der Waals surface area contributed by atoms with Gasteiger partial charge in [0, 0.05) is 19.0 Å². The van der Waals surface area contributed by atoms with E-state index in [9.17, 15) is 0 Å². The number of imidazole rings is 1. The standard InChI is InChI=1S/C14H21N3O/c1-11(15)5-4-8-14-16-12-6-2-3-7-13(12)17(14)9-10-18/h2-3,6-7,11,18H,4-5,8-10,15H2,1H3. The SMILES string of the molecule is CC(N)CCCc1nc2ccccc2n1CCO. The van der Waals surface area contributed by atoms with Gasteiger partial charge in [-0.05, 0) is 31.9 Å². The van der Waals surface area contributed by atoms with E-state index in [-0.39, 0.29) is 12.6 Å². The molecule has 0 bridgehead atoms. The van der Waals surface area contributed by atoms with Gasteiger partial charge in [-0.2, -0.15) is 0 Å². The first-order valence-corrected chi connectivity index (χ1v) is 6.53. The van der Waals surface area contributed by atoms with Crippen LogP contribution in [-0.2, 0) is 13.0 Å². The quantitative estimate of drug-likeness (QED) is 0.816. The predicted octanol–water partition coefficient (Wildman–Crippen LogP) is 1.70. The zero-order valence-electron chi connectivity index (χ0n) is 10.8. The zero-order valence-corrected chi connectivity index (χ0v) is 10.8. The van der Waals surface area contributed by atoms with Crippen molar-refractivity contribution >= 4 is 11.0 Å². The largest absolute Gasteiger partial charge is 0.395 e. The number of fused-ring (bicyclic) bond motifs is 1. The summed E-state index contributed by atoms with van der Waals surface area (Å²) < 4.78 is 2.11. The minimum atomic E-state index is 0.140. The monoisotopic (exact) mass is 247 g/mol. The Kier molecular flexibility index (Phi) is 4.33. The predicted molar refractivity (Wildman–Crippen MR) is 73.4 cm³/mol. The Bertz CT molecular complexity index is 505. The molecule has 0 fully saturated rings. The minimum Gasteiger partial charge on any atom is -0.395 e. The third kappa shape index (κ3) is 2.89. The molecule has 3 N–H and O–H groups in total. The highest BCUT2D eigenvalue weighted by atomic mass is 16.3. The second kappa shape index (κ2) is 5.98. The fraction of sp³-hybridized carbons (Fsp3) is 0.500. The molecule has 0 saturated heterocycles. The molecule has 0 amide bonds. The van der Waals surface area contributed by atoms with Crippen LogP contribution >= 0.6 is 0 Å². The number of aliphatic hydroxyl groups excluding tert-OH is 1. The van der Waals surface area contributed by atoms with E-state index in [4.69, 9.17) is 10.8 Å². The summed E-state index contributed by atoms with van der Waals surface area (Å²) in [5.74, 6) is 1.05. The van der Waals surface area contributed by atoms with Crippen LogP contribution < -0.4 is 5.73 Å². The maximum absolute atomic E-state index is 9.17. The van der Waals surface area contributed by atoms with Crippen LogP contribution in [0.5, 0.6) is 0 Å². The van der Waals surface area contributed by atoms with E-state index in [1.54, 1.807) is 0 Å². The molecule has 4 nitrogen and oxygen atoms in total. The molecule has 0 spiro atoms. The Morgan fingerprint density at radius 2 is 2.17 bits per heavy atom. The second-order valence-electron chi connectivity index (χ2n) is 4.76. The zero-order chi connectivity index (χ0) is 13.0. The Hall–Kier alpha value is -1.39. The molecule has 0 saturated carbocycles. The Balaban J connectivity index is 2.22. The Morgan fingerprint density at radius 3 is 2.89 bits per heavy atom. The van der Waals surface area contributed by atoms with Gasteiger partial charge in [-0.15, -0.1) is 0 Å². The molecule has 0 aliphatic heterocycles. The average molecular weight is 247 g/mol. The number of aryl methyl sites for hydroxylation is 1. The first-order valence-electron chi connectivity index (χ1n) is 6.53. The number of rotatable bonds is 6. The molecule has 1 aromatic heterocycles. The fourth-order valence-corrected chi connectivity index (χ4v) is 2.25. The lowest BCUT2D eigenvalue weighted by Crippen LogP contribution is -2.15. The smallest absolute Gasteiger partial charge is 0.109 e. The Morgan fingerprint density at radius 1 is 1.39 bits per heavy atom. The number of benzene rings is 1. The van der Waals surface area contributed by atoms with E-state index in [0.29, 0.717) is 6.54 Å². The topological polar surface area (TPSA) is 64.1 Å². The highest BCUT2D eigenvalue weighted by molar-refractivity contribution is 5.75. The number of nitrogens with two attached hydrogens (primary N) is 1. The summed E-state index contributed by atoms with van der Waals surface area (Å²) in [6.07, 6.45) is 2.95. The van der Waals surface area contributed by atoms with Gasteiger partial charge in [-0.3, -0.25) is 0 Å². The number of aliphatic hydroxyl groups is 1. The summed E-state index contributed by atoms with van der Waals surface area (Å²) in [6.45, 7) is 2.77. The average Bonchev–Trinajstić information content (AvgIpc) is 2.68. The van der Waals surface area contributed by atoms with Gasteiger partial charge in [0.15, 0.2) is 0 Å². The summed E-state index contributed by atoms with van der Waals surface area (Å²) in [7, 11) is 0. The van der Waals surface area contributed by atoms with Crippen molar-refractivity contribution in [3.8, 4) is 0 Å². The maximum atomic E-state index is 9.17. The summed E-state index contributed by atoms with van der Waals surface area (Å²) in [5.41, 5.74) is 7.86. The lowest BCUT2D eigenvalue weighted by atomic mass is 10.1. The highest BCUT2D eigenvalue weighted by Gasteiger charge is 2.09. The van der Waals surface area contributed by atoms with Crippen molar-refractivity contribution in [1.82, 2.24) is 9.55 Å². The number of hydrogen-bond acceptors (Lipinski definition) is 3. The highest BCUT2D eigenvalue weighted by Crippen LogP contribution is 2.17. The number of nitrogens with zero attached hydrogens (tertiary/aromatic N) is 2. The molecular weight excluding hydrogens is 226 g/mol. The van der Waals surface area contributed by atoms with Crippen molar-refractivity contribution in [3.05, 3.63) is 30.1 Å². The molecule has 2 aromatic rings. The molecule has 1 unspecified atom stereocenters. The first-order chi connectivity index (χ1) is 8.72. The van der Waals surface area contributed by atoms with Crippen molar-refractivity contribution in [2.45, 2.75) is 38.8 Å². The van der Waals surface area contributed by atoms with E-state index in [1.165, 1.54) is 0 Å². The van der Waals surface area contributed by atoms with Gasteiger partial charge in [-0.1, -0.05) is 12.1 Å². The second-order valence-corrected chi connectivity index (χ2v) is 4.76. The molecule has 2 rings (SSSR count). The molecule has 0 radical (unpaired) electrons. The summed E-state index contributed by atoms with van der Waals surface area (Å²) in [6, 6.07) is 8.29. The van der Waals surface area contributed by atoms with Crippen LogP contribution in [0, 0.1) is 0 Å². The molecule has 1 atom stereocenters. The van der Waals surface area contributed by atoms with E-state index < -0.39 is 0 Å². The summed E-state index contributed by atoms with van der Waals surface area (Å²) >= 11 is 0. The first kappa shape index (κ1) is 13.1. The molecule has 0 aliphatic carbocycles. The fourth-order valence-electron chi connectivity index (χ4n) is 2.25. The van der Waals surface area contributed by atoms with Crippen LogP contribution in [0.2, 0.25) is 0 Å². The van der Waals surface area contributed by atoms with Crippen LogP contribution in [0.15, 0.2) is 24.3 Å². The lowest BCUT2D eigenvalue weighted by molar-refractivity contribution is 0.276. The molecular formula is C14H21N3O. The summed E-state index contributed by atoms with van der Waals surface area (Å²) in [4.78, 5) is 4.64. The summed E-state index contributed by atoms with van der Waals surface area (Å²) in [5, 5.41) is 9.17. The van der Waals surface area contributed by atoms with Crippen LogP contribution in [0.3, 0.4) is 0 Å². The van der Waals surface area contributed by atoms with Crippen molar-refractivity contribution in [1.29, 1.82) is 0 Å². The molecule has 1 aromatic carbocycles. The van der Waals surface area contributed by atoms with Crippen molar-refractivity contribution < 1.29 is 5.11 Å². The third-order valence-corrected chi connectivity index (χ3v) is 3.12. The van der Waals surface area contributed by atoms with Gasteiger partial charge in [0.1, 0.15) is 5.82 Å². The third-order valence-electron chi connectivity index (χ3n) is 3.12. The number of hydrogen-bond donors (Lipinski definition) is 2. The van der Waals surface area contributed by atoms with Crippen molar-refractivity contribution in [2.75, 3.05) is 6.61 Å². The molecule has 0 aliphatic rings. The molecule has 1 heterocycles. The van der Waals surface area contributed by atoms with E-state index in [0.717, 1.165) is 36.1 Å². The van der Waals surface area contributed by atoms with Gasteiger partial charge in [0.2, 0.25) is 0 Å². The maximum Gasteiger partial charge on any atom is 0.109 e. The van der Waals surface area contributed by atoms with Gasteiger partial charge in [-0.25, -0.2) is 4.98 Å². The van der Waals surface area contributed by atoms with Crippen LogP contribution in [0.4, 0.5) is 0 Å². The van der Waals surface area contributed by atoms with Gasteiger partial charge in [0.05, 0.1) is 17.6 Å². The van der Waals surface area contributed by atoms with Crippen LogP contribution in [0.25, 0.3) is 11.0 Å². The minimum absolute atomic E-state index is 0.140. The van der Waals surface area contributed by atoms with E-state index >= 15 is 0 Å². The van der Waals surface area contributed by atoms with Gasteiger partial charge < -0.3 is 15.4 Å². The van der Waals surface area contributed by atoms with Crippen molar-refractivity contribution in [2.24, 2.45) is 5.73 Å². The van der Waals surface area contributed by atoms with Crippen LogP contribution in [-0.4, -0.2) is 27.3 Å². The number of para-hydroxylation sites is 2. The normalized spacial score (nSPS) is 13.1. The van der Waals surface area contributed by atoms with E-state index in [1.807, 2.05) is 31.2 Å². The molecule has 18 heavy (non-hydrogen) atoms. The van der Waals surface area contributed by atoms with Gasteiger partial charge in [0.25, 0.3) is 0 Å².